The van der Waals surface area contributed by atoms with Gasteiger partial charge in [0.15, 0.2) is 0 Å². The lowest BCUT2D eigenvalue weighted by Crippen LogP contribution is -2.32. The molecule has 0 aliphatic carbocycles. The Morgan fingerprint density at radius 3 is 2.77 bits per heavy atom. The fourth-order valence-corrected chi connectivity index (χ4v) is 3.19. The van der Waals surface area contributed by atoms with Crippen LogP contribution in [0.25, 0.3) is 0 Å². The molecular formula is C20H23FN2O3. The molecule has 0 bridgehead atoms. The Morgan fingerprint density at radius 2 is 2.04 bits per heavy atom. The topological polar surface area (TPSA) is 50.8 Å². The summed E-state index contributed by atoms with van der Waals surface area (Å²) in [5.74, 6) is 1.33. The predicted octanol–water partition coefficient (Wildman–Crippen LogP) is 2.73. The fourth-order valence-electron chi connectivity index (χ4n) is 3.19. The number of carbonyl (C=O) groups is 1. The minimum Gasteiger partial charge on any atom is -0.497 e. The number of benzene rings is 2. The average Bonchev–Trinajstić information content (AvgIpc) is 2.99. The summed E-state index contributed by atoms with van der Waals surface area (Å²) in [6, 6.07) is 12.1. The quantitative estimate of drug-likeness (QED) is 0.827. The van der Waals surface area contributed by atoms with Crippen molar-refractivity contribution in [2.75, 3.05) is 20.8 Å². The van der Waals surface area contributed by atoms with Crippen LogP contribution in [0.5, 0.6) is 11.5 Å². The van der Waals surface area contributed by atoms with E-state index in [1.54, 1.807) is 25.2 Å². The standard InChI is InChI=1S/C20H23FN2O3/c1-25-18-6-7-19(26-2)15(9-18)11-22-17-10-20(24)23(13-17)12-14-4-3-5-16(21)8-14/h3-9,17,22H,10-13H2,1-2H3/t17-/m1/s1. The van der Waals surface area contributed by atoms with E-state index in [1.165, 1.54) is 12.1 Å². The lowest BCUT2D eigenvalue weighted by Gasteiger charge is -2.18. The van der Waals surface area contributed by atoms with Crippen LogP contribution in [0.1, 0.15) is 17.5 Å². The molecule has 2 aromatic rings. The zero-order valence-corrected chi connectivity index (χ0v) is 15.0. The summed E-state index contributed by atoms with van der Waals surface area (Å²) in [5.41, 5.74) is 1.77. The summed E-state index contributed by atoms with van der Waals surface area (Å²) in [7, 11) is 3.25. The second-order valence-corrected chi connectivity index (χ2v) is 6.36. The highest BCUT2D eigenvalue weighted by atomic mass is 19.1. The van der Waals surface area contributed by atoms with Gasteiger partial charge in [-0.25, -0.2) is 4.39 Å². The van der Waals surface area contributed by atoms with E-state index >= 15 is 0 Å². The minimum absolute atomic E-state index is 0.0481. The summed E-state index contributed by atoms with van der Waals surface area (Å²) in [6.45, 7) is 1.60. The second kappa shape index (κ2) is 8.19. The SMILES string of the molecule is COc1ccc(OC)c(CN[C@@H]2CC(=O)N(Cc3cccc(F)c3)C2)c1. The molecule has 0 radical (unpaired) electrons. The van der Waals surface area contributed by atoms with Gasteiger partial charge in [-0.3, -0.25) is 4.79 Å². The molecular weight excluding hydrogens is 335 g/mol. The highest BCUT2D eigenvalue weighted by Crippen LogP contribution is 2.24. The van der Waals surface area contributed by atoms with Crippen LogP contribution >= 0.6 is 0 Å². The van der Waals surface area contributed by atoms with Crippen molar-refractivity contribution in [3.63, 3.8) is 0 Å². The molecule has 3 rings (SSSR count). The van der Waals surface area contributed by atoms with E-state index in [9.17, 15) is 9.18 Å². The lowest BCUT2D eigenvalue weighted by atomic mass is 10.1. The maximum Gasteiger partial charge on any atom is 0.224 e. The smallest absolute Gasteiger partial charge is 0.224 e. The Morgan fingerprint density at radius 1 is 1.19 bits per heavy atom. The number of rotatable bonds is 7. The number of likely N-dealkylation sites (tertiary alicyclic amines) is 1. The number of hydrogen-bond acceptors (Lipinski definition) is 4. The molecule has 0 aromatic heterocycles. The molecule has 1 heterocycles. The van der Waals surface area contributed by atoms with Crippen molar-refractivity contribution in [1.82, 2.24) is 10.2 Å². The summed E-state index contributed by atoms with van der Waals surface area (Å²) in [6.07, 6.45) is 0.432. The fraction of sp³-hybridized carbons (Fsp3) is 0.350. The number of amides is 1. The second-order valence-electron chi connectivity index (χ2n) is 6.36. The molecule has 2 aromatic carbocycles. The minimum atomic E-state index is -0.283. The van der Waals surface area contributed by atoms with E-state index in [2.05, 4.69) is 5.32 Å². The van der Waals surface area contributed by atoms with E-state index in [-0.39, 0.29) is 17.8 Å². The van der Waals surface area contributed by atoms with Crippen molar-refractivity contribution in [1.29, 1.82) is 0 Å². The van der Waals surface area contributed by atoms with E-state index in [1.807, 2.05) is 24.3 Å². The maximum absolute atomic E-state index is 13.3. The van der Waals surface area contributed by atoms with Crippen LogP contribution in [-0.4, -0.2) is 37.6 Å². The van der Waals surface area contributed by atoms with Gasteiger partial charge in [0.1, 0.15) is 17.3 Å². The van der Waals surface area contributed by atoms with Crippen LogP contribution in [0.3, 0.4) is 0 Å². The van der Waals surface area contributed by atoms with Gasteiger partial charge in [0.05, 0.1) is 14.2 Å². The van der Waals surface area contributed by atoms with Gasteiger partial charge >= 0.3 is 0 Å². The van der Waals surface area contributed by atoms with Gasteiger partial charge in [0.25, 0.3) is 0 Å². The first-order valence-electron chi connectivity index (χ1n) is 8.55. The highest BCUT2D eigenvalue weighted by molar-refractivity contribution is 5.79. The maximum atomic E-state index is 13.3. The summed E-state index contributed by atoms with van der Waals surface area (Å²) >= 11 is 0. The van der Waals surface area contributed by atoms with Crippen LogP contribution in [0, 0.1) is 5.82 Å². The third-order valence-corrected chi connectivity index (χ3v) is 4.55. The number of nitrogens with zero attached hydrogens (tertiary/aromatic N) is 1. The van der Waals surface area contributed by atoms with Crippen molar-refractivity contribution in [2.24, 2.45) is 0 Å². The van der Waals surface area contributed by atoms with Gasteiger partial charge in [0.2, 0.25) is 5.91 Å². The van der Waals surface area contributed by atoms with Crippen LogP contribution in [0.15, 0.2) is 42.5 Å². The Bertz CT molecular complexity index is 781. The van der Waals surface area contributed by atoms with Gasteiger partial charge < -0.3 is 19.7 Å². The highest BCUT2D eigenvalue weighted by Gasteiger charge is 2.29. The van der Waals surface area contributed by atoms with Crippen LogP contribution in [0.4, 0.5) is 4.39 Å². The Hall–Kier alpha value is -2.60. The molecule has 0 unspecified atom stereocenters. The number of halogens is 1. The van der Waals surface area contributed by atoms with Crippen LogP contribution < -0.4 is 14.8 Å². The Labute approximate surface area is 152 Å². The van der Waals surface area contributed by atoms with Crippen LogP contribution in [-0.2, 0) is 17.9 Å². The molecule has 6 heteroatoms. The third-order valence-electron chi connectivity index (χ3n) is 4.55. The first-order chi connectivity index (χ1) is 12.6. The number of ether oxygens (including phenoxy) is 2. The Kier molecular flexibility index (Phi) is 5.73. The number of carbonyl (C=O) groups excluding carboxylic acids is 1. The zero-order valence-electron chi connectivity index (χ0n) is 15.0. The Balaban J connectivity index is 1.59. The first-order valence-corrected chi connectivity index (χ1v) is 8.55. The van der Waals surface area contributed by atoms with Gasteiger partial charge in [0, 0.05) is 37.7 Å². The van der Waals surface area contributed by atoms with Gasteiger partial charge in [-0.05, 0) is 35.9 Å². The van der Waals surface area contributed by atoms with Crippen molar-refractivity contribution >= 4 is 5.91 Å². The average molecular weight is 358 g/mol. The molecule has 1 N–H and O–H groups in total. The number of methoxy groups -OCH3 is 2. The summed E-state index contributed by atoms with van der Waals surface area (Å²) in [4.78, 5) is 14.0. The summed E-state index contributed by atoms with van der Waals surface area (Å²) in [5, 5.41) is 3.41. The molecule has 0 spiro atoms. The van der Waals surface area contributed by atoms with Gasteiger partial charge in [-0.1, -0.05) is 12.1 Å². The first kappa shape index (κ1) is 18.2. The largest absolute Gasteiger partial charge is 0.497 e. The van der Waals surface area contributed by atoms with E-state index in [0.29, 0.717) is 26.1 Å². The zero-order chi connectivity index (χ0) is 18.5. The van der Waals surface area contributed by atoms with Crippen molar-refractivity contribution in [3.8, 4) is 11.5 Å². The molecule has 1 amide bonds. The van der Waals surface area contributed by atoms with E-state index < -0.39 is 0 Å². The predicted molar refractivity (Wildman–Crippen MR) is 96.6 cm³/mol. The van der Waals surface area contributed by atoms with E-state index in [4.69, 9.17) is 9.47 Å². The molecule has 138 valence electrons. The lowest BCUT2D eigenvalue weighted by molar-refractivity contribution is -0.128. The molecule has 1 aliphatic heterocycles. The monoisotopic (exact) mass is 358 g/mol. The van der Waals surface area contributed by atoms with Crippen molar-refractivity contribution < 1.29 is 18.7 Å². The van der Waals surface area contributed by atoms with E-state index in [0.717, 1.165) is 22.6 Å². The molecule has 1 saturated heterocycles. The summed E-state index contributed by atoms with van der Waals surface area (Å²) < 4.78 is 24.0. The molecule has 26 heavy (non-hydrogen) atoms. The van der Waals surface area contributed by atoms with Gasteiger partial charge in [-0.2, -0.15) is 0 Å². The molecule has 1 atom stereocenters. The van der Waals surface area contributed by atoms with Crippen molar-refractivity contribution in [2.45, 2.75) is 25.6 Å². The molecule has 5 nitrogen and oxygen atoms in total. The molecule has 1 fully saturated rings. The number of hydrogen-bond donors (Lipinski definition) is 1. The third kappa shape index (κ3) is 4.32. The normalized spacial score (nSPS) is 16.8. The molecule has 1 aliphatic rings. The number of nitrogens with one attached hydrogen (secondary N) is 1. The van der Waals surface area contributed by atoms with Crippen LogP contribution in [0.2, 0.25) is 0 Å². The molecule has 0 saturated carbocycles. The van der Waals surface area contributed by atoms with Gasteiger partial charge in [-0.15, -0.1) is 0 Å². The van der Waals surface area contributed by atoms with Crippen molar-refractivity contribution in [3.05, 3.63) is 59.4 Å².